The molecule has 0 radical (unpaired) electrons. The number of rotatable bonds is 60. The molecule has 0 aromatic rings. The molecular formula is C66H125NO5. The van der Waals surface area contributed by atoms with Crippen LogP contribution in [0.3, 0.4) is 0 Å². The lowest BCUT2D eigenvalue weighted by molar-refractivity contribution is -0.143. The highest BCUT2D eigenvalue weighted by atomic mass is 16.5. The fourth-order valence-corrected chi connectivity index (χ4v) is 9.97. The zero-order valence-electron chi connectivity index (χ0n) is 48.4. The Morgan fingerprint density at radius 3 is 1.12 bits per heavy atom. The molecule has 0 bridgehead atoms. The number of allylic oxidation sites excluding steroid dienone is 6. The molecule has 0 aliphatic heterocycles. The van der Waals surface area contributed by atoms with Crippen molar-refractivity contribution in [1.29, 1.82) is 0 Å². The van der Waals surface area contributed by atoms with Crippen molar-refractivity contribution in [1.82, 2.24) is 5.32 Å². The van der Waals surface area contributed by atoms with E-state index in [9.17, 15) is 19.8 Å². The molecule has 0 spiro atoms. The molecule has 0 saturated heterocycles. The highest BCUT2D eigenvalue weighted by molar-refractivity contribution is 5.76. The van der Waals surface area contributed by atoms with Crippen LogP contribution in [0.2, 0.25) is 0 Å². The SMILES string of the molecule is CCC/C=C\C/C=C\CCCCCCCC(=O)OCCCCCCCCCCCCCC/C=C\CCCCCCCCCCCCC(=O)NC(CO)C(O)CCCCCCCCCCCCCCCCCC. The molecule has 0 aromatic carbocycles. The number of amides is 1. The predicted molar refractivity (Wildman–Crippen MR) is 315 cm³/mol. The van der Waals surface area contributed by atoms with Crippen LogP contribution in [0, 0.1) is 0 Å². The summed E-state index contributed by atoms with van der Waals surface area (Å²) >= 11 is 0. The summed E-state index contributed by atoms with van der Waals surface area (Å²) in [6.45, 7) is 4.90. The van der Waals surface area contributed by atoms with Gasteiger partial charge in [-0.3, -0.25) is 9.59 Å². The molecule has 72 heavy (non-hydrogen) atoms. The first-order valence-corrected chi connectivity index (χ1v) is 32.2. The number of nitrogens with one attached hydrogen (secondary N) is 1. The van der Waals surface area contributed by atoms with Gasteiger partial charge in [0.25, 0.3) is 0 Å². The summed E-state index contributed by atoms with van der Waals surface area (Å²) in [6.07, 6.45) is 77.4. The van der Waals surface area contributed by atoms with Crippen LogP contribution in [0.5, 0.6) is 0 Å². The van der Waals surface area contributed by atoms with Crippen molar-refractivity contribution >= 4 is 11.9 Å². The Morgan fingerprint density at radius 2 is 0.722 bits per heavy atom. The van der Waals surface area contributed by atoms with Gasteiger partial charge >= 0.3 is 5.97 Å². The summed E-state index contributed by atoms with van der Waals surface area (Å²) in [4.78, 5) is 24.5. The standard InChI is InChI=1S/C66H125NO5/c1-3-5-7-9-11-13-15-17-18-31-35-38-42-46-50-54-58-64(69)63(62-68)67-65(70)59-55-51-47-43-39-36-32-29-27-25-23-21-19-20-22-24-26-28-30-33-37-41-45-49-53-57-61-72-66(71)60-56-52-48-44-40-34-16-14-12-10-8-6-4-2/h8,10,14,16,19,21,63-64,68-69H,3-7,9,11-13,15,17-18,20,22-62H2,1-2H3,(H,67,70)/b10-8-,16-14-,21-19-. The van der Waals surface area contributed by atoms with E-state index in [2.05, 4.69) is 55.6 Å². The molecule has 0 aliphatic carbocycles. The molecule has 0 fully saturated rings. The second-order valence-corrected chi connectivity index (χ2v) is 22.1. The molecule has 0 aliphatic rings. The number of aliphatic hydroxyl groups is 2. The van der Waals surface area contributed by atoms with Crippen molar-refractivity contribution in [2.75, 3.05) is 13.2 Å². The van der Waals surface area contributed by atoms with Crippen molar-refractivity contribution in [2.24, 2.45) is 0 Å². The summed E-state index contributed by atoms with van der Waals surface area (Å²) in [6, 6.07) is -0.543. The second-order valence-electron chi connectivity index (χ2n) is 22.1. The van der Waals surface area contributed by atoms with Crippen LogP contribution in [0.4, 0.5) is 0 Å². The summed E-state index contributed by atoms with van der Waals surface area (Å²) in [7, 11) is 0. The van der Waals surface area contributed by atoms with Gasteiger partial charge in [0.15, 0.2) is 0 Å². The van der Waals surface area contributed by atoms with E-state index in [4.69, 9.17) is 4.74 Å². The van der Waals surface area contributed by atoms with Gasteiger partial charge in [-0.2, -0.15) is 0 Å². The van der Waals surface area contributed by atoms with E-state index >= 15 is 0 Å². The maximum absolute atomic E-state index is 12.5. The van der Waals surface area contributed by atoms with Gasteiger partial charge < -0.3 is 20.3 Å². The summed E-state index contributed by atoms with van der Waals surface area (Å²) in [5.41, 5.74) is 0. The average Bonchev–Trinajstić information content (AvgIpc) is 3.38. The third kappa shape index (κ3) is 57.4. The van der Waals surface area contributed by atoms with Crippen molar-refractivity contribution in [3.05, 3.63) is 36.5 Å². The number of unbranched alkanes of at least 4 members (excludes halogenated alkanes) is 43. The van der Waals surface area contributed by atoms with Crippen molar-refractivity contribution in [2.45, 2.75) is 360 Å². The van der Waals surface area contributed by atoms with E-state index in [0.29, 0.717) is 25.9 Å². The van der Waals surface area contributed by atoms with Crippen LogP contribution >= 0.6 is 0 Å². The zero-order chi connectivity index (χ0) is 52.2. The molecule has 424 valence electrons. The lowest BCUT2D eigenvalue weighted by Gasteiger charge is -2.22. The summed E-state index contributed by atoms with van der Waals surface area (Å²) in [5.74, 6) is -0.0358. The average molecular weight is 1010 g/mol. The molecule has 0 aromatic heterocycles. The number of hydrogen-bond donors (Lipinski definition) is 3. The Labute approximate surface area is 449 Å². The minimum absolute atomic E-state index is 0.000968. The monoisotopic (exact) mass is 1010 g/mol. The number of carbonyl (C=O) groups is 2. The molecule has 0 saturated carbocycles. The number of aliphatic hydroxyl groups excluding tert-OH is 2. The molecule has 0 rings (SSSR count). The quantitative estimate of drug-likeness (QED) is 0.0320. The van der Waals surface area contributed by atoms with Crippen LogP contribution < -0.4 is 5.32 Å². The fraction of sp³-hybridized carbons (Fsp3) is 0.879. The highest BCUT2D eigenvalue weighted by Gasteiger charge is 2.20. The van der Waals surface area contributed by atoms with Gasteiger partial charge in [-0.25, -0.2) is 0 Å². The first kappa shape index (κ1) is 70.1. The molecule has 2 unspecified atom stereocenters. The van der Waals surface area contributed by atoms with E-state index in [1.165, 1.54) is 263 Å². The van der Waals surface area contributed by atoms with E-state index in [-0.39, 0.29) is 18.5 Å². The number of esters is 1. The van der Waals surface area contributed by atoms with Crippen molar-refractivity contribution in [3.8, 4) is 0 Å². The van der Waals surface area contributed by atoms with Gasteiger partial charge in [-0.15, -0.1) is 0 Å². The normalized spacial score (nSPS) is 12.8. The topological polar surface area (TPSA) is 95.9 Å². The van der Waals surface area contributed by atoms with Crippen LogP contribution in [0.15, 0.2) is 36.5 Å². The van der Waals surface area contributed by atoms with E-state index < -0.39 is 12.1 Å². The van der Waals surface area contributed by atoms with E-state index in [1.807, 2.05) is 0 Å². The first-order valence-electron chi connectivity index (χ1n) is 32.2. The Hall–Kier alpha value is -1.92. The van der Waals surface area contributed by atoms with Gasteiger partial charge in [0.2, 0.25) is 5.91 Å². The van der Waals surface area contributed by atoms with Gasteiger partial charge in [0, 0.05) is 12.8 Å². The van der Waals surface area contributed by atoms with Crippen molar-refractivity contribution < 1.29 is 24.5 Å². The van der Waals surface area contributed by atoms with Crippen LogP contribution in [-0.4, -0.2) is 47.4 Å². The Kier molecular flexibility index (Phi) is 60.0. The maximum Gasteiger partial charge on any atom is 0.305 e. The Balaban J connectivity index is 3.39. The predicted octanol–water partition coefficient (Wildman–Crippen LogP) is 20.4. The van der Waals surface area contributed by atoms with Gasteiger partial charge in [-0.1, -0.05) is 294 Å². The number of hydrogen-bond acceptors (Lipinski definition) is 5. The van der Waals surface area contributed by atoms with Crippen LogP contribution in [-0.2, 0) is 14.3 Å². The van der Waals surface area contributed by atoms with Gasteiger partial charge in [0.1, 0.15) is 0 Å². The van der Waals surface area contributed by atoms with Crippen molar-refractivity contribution in [3.63, 3.8) is 0 Å². The third-order valence-electron chi connectivity index (χ3n) is 14.9. The lowest BCUT2D eigenvalue weighted by atomic mass is 10.0. The van der Waals surface area contributed by atoms with Gasteiger partial charge in [0.05, 0.1) is 25.4 Å². The highest BCUT2D eigenvalue weighted by Crippen LogP contribution is 2.18. The van der Waals surface area contributed by atoms with E-state index in [0.717, 1.165) is 51.4 Å². The molecule has 6 heteroatoms. The molecule has 1 amide bonds. The lowest BCUT2D eigenvalue weighted by Crippen LogP contribution is -2.45. The number of carbonyl (C=O) groups excluding carboxylic acids is 2. The van der Waals surface area contributed by atoms with Crippen LogP contribution in [0.1, 0.15) is 348 Å². The van der Waals surface area contributed by atoms with E-state index in [1.54, 1.807) is 0 Å². The molecule has 2 atom stereocenters. The zero-order valence-corrected chi connectivity index (χ0v) is 48.4. The molecule has 3 N–H and O–H groups in total. The Bertz CT molecular complexity index is 1170. The molecular weight excluding hydrogens is 887 g/mol. The fourth-order valence-electron chi connectivity index (χ4n) is 9.97. The second kappa shape index (κ2) is 61.6. The van der Waals surface area contributed by atoms with Gasteiger partial charge in [-0.05, 0) is 77.0 Å². The third-order valence-corrected chi connectivity index (χ3v) is 14.9. The minimum atomic E-state index is -0.666. The molecule has 6 nitrogen and oxygen atoms in total. The smallest absolute Gasteiger partial charge is 0.305 e. The maximum atomic E-state index is 12.5. The first-order chi connectivity index (χ1) is 35.5. The molecule has 0 heterocycles. The summed E-state index contributed by atoms with van der Waals surface area (Å²) < 4.78 is 5.47. The minimum Gasteiger partial charge on any atom is -0.466 e. The summed E-state index contributed by atoms with van der Waals surface area (Å²) in [5, 5.41) is 23.3. The largest absolute Gasteiger partial charge is 0.466 e. The number of ether oxygens (including phenoxy) is 1. The van der Waals surface area contributed by atoms with Crippen LogP contribution in [0.25, 0.3) is 0 Å². The Morgan fingerprint density at radius 1 is 0.389 bits per heavy atom.